The third-order valence-corrected chi connectivity index (χ3v) is 3.91. The highest BCUT2D eigenvalue weighted by Crippen LogP contribution is 2.22. The standard InChI is InChI=1S/C18H20BrNO/c1-18(2,3)15-8-6-14(7-9-15)17(21)20-12-13-4-10-16(19)11-5-13/h4-11H,12H2,1-3H3,(H,20,21). The first-order chi connectivity index (χ1) is 9.86. The van der Waals surface area contributed by atoms with Gasteiger partial charge in [0.15, 0.2) is 0 Å². The van der Waals surface area contributed by atoms with Crippen molar-refractivity contribution in [3.63, 3.8) is 0 Å². The van der Waals surface area contributed by atoms with Crippen LogP contribution in [-0.2, 0) is 12.0 Å². The highest BCUT2D eigenvalue weighted by atomic mass is 79.9. The van der Waals surface area contributed by atoms with E-state index in [1.165, 1.54) is 5.56 Å². The van der Waals surface area contributed by atoms with Gasteiger partial charge in [0.25, 0.3) is 5.91 Å². The van der Waals surface area contributed by atoms with E-state index in [0.717, 1.165) is 10.0 Å². The summed E-state index contributed by atoms with van der Waals surface area (Å²) in [6.45, 7) is 7.02. The van der Waals surface area contributed by atoms with Crippen LogP contribution in [0.4, 0.5) is 0 Å². The number of hydrogen-bond donors (Lipinski definition) is 1. The van der Waals surface area contributed by atoms with Crippen LogP contribution in [0.25, 0.3) is 0 Å². The van der Waals surface area contributed by atoms with Crippen LogP contribution in [0.3, 0.4) is 0 Å². The number of halogens is 1. The molecule has 1 N–H and O–H groups in total. The summed E-state index contributed by atoms with van der Waals surface area (Å²) in [5, 5.41) is 2.94. The van der Waals surface area contributed by atoms with Gasteiger partial charge in [0.05, 0.1) is 0 Å². The molecule has 2 aromatic carbocycles. The van der Waals surface area contributed by atoms with Crippen molar-refractivity contribution in [3.8, 4) is 0 Å². The molecule has 21 heavy (non-hydrogen) atoms. The van der Waals surface area contributed by atoms with Gasteiger partial charge in [-0.1, -0.05) is 61.0 Å². The lowest BCUT2D eigenvalue weighted by Gasteiger charge is -2.19. The Bertz CT molecular complexity index is 609. The molecule has 0 aromatic heterocycles. The largest absolute Gasteiger partial charge is 0.348 e. The summed E-state index contributed by atoms with van der Waals surface area (Å²) in [6.07, 6.45) is 0. The number of amides is 1. The van der Waals surface area contributed by atoms with Crippen LogP contribution in [0.2, 0.25) is 0 Å². The van der Waals surface area contributed by atoms with Crippen molar-refractivity contribution in [3.05, 3.63) is 69.7 Å². The van der Waals surface area contributed by atoms with Crippen molar-refractivity contribution in [1.29, 1.82) is 0 Å². The van der Waals surface area contributed by atoms with Crippen LogP contribution in [-0.4, -0.2) is 5.91 Å². The highest BCUT2D eigenvalue weighted by molar-refractivity contribution is 9.10. The zero-order valence-electron chi connectivity index (χ0n) is 12.6. The summed E-state index contributed by atoms with van der Waals surface area (Å²) >= 11 is 3.40. The van der Waals surface area contributed by atoms with Crippen molar-refractivity contribution in [2.24, 2.45) is 0 Å². The zero-order chi connectivity index (χ0) is 15.5. The first kappa shape index (κ1) is 15.8. The molecule has 3 heteroatoms. The summed E-state index contributed by atoms with van der Waals surface area (Å²) in [5.74, 6) is -0.0432. The van der Waals surface area contributed by atoms with Gasteiger partial charge >= 0.3 is 0 Å². The Labute approximate surface area is 134 Å². The molecular weight excluding hydrogens is 326 g/mol. The normalized spacial score (nSPS) is 11.2. The van der Waals surface area contributed by atoms with E-state index in [0.29, 0.717) is 12.1 Å². The van der Waals surface area contributed by atoms with Crippen molar-refractivity contribution >= 4 is 21.8 Å². The van der Waals surface area contributed by atoms with Crippen LogP contribution in [0, 0.1) is 0 Å². The van der Waals surface area contributed by atoms with E-state index in [9.17, 15) is 4.79 Å². The molecule has 0 spiro atoms. The molecule has 0 aliphatic rings. The average molecular weight is 346 g/mol. The minimum Gasteiger partial charge on any atom is -0.348 e. The van der Waals surface area contributed by atoms with Gasteiger partial charge in [-0.15, -0.1) is 0 Å². The number of carbonyl (C=O) groups is 1. The summed E-state index contributed by atoms with van der Waals surface area (Å²) in [7, 11) is 0. The van der Waals surface area contributed by atoms with Crippen LogP contribution in [0.5, 0.6) is 0 Å². The minimum absolute atomic E-state index is 0.0432. The van der Waals surface area contributed by atoms with E-state index in [2.05, 4.69) is 42.0 Å². The van der Waals surface area contributed by atoms with Crippen molar-refractivity contribution in [2.45, 2.75) is 32.7 Å². The fourth-order valence-corrected chi connectivity index (χ4v) is 2.27. The van der Waals surface area contributed by atoms with Crippen molar-refractivity contribution in [2.75, 3.05) is 0 Å². The monoisotopic (exact) mass is 345 g/mol. The summed E-state index contributed by atoms with van der Waals surface area (Å²) < 4.78 is 1.04. The molecule has 0 atom stereocenters. The fourth-order valence-electron chi connectivity index (χ4n) is 2.01. The second kappa shape index (κ2) is 6.44. The molecule has 2 nitrogen and oxygen atoms in total. The van der Waals surface area contributed by atoms with Crippen LogP contribution >= 0.6 is 15.9 Å². The quantitative estimate of drug-likeness (QED) is 0.859. The maximum absolute atomic E-state index is 12.1. The van der Waals surface area contributed by atoms with E-state index in [1.807, 2.05) is 48.5 Å². The van der Waals surface area contributed by atoms with E-state index < -0.39 is 0 Å². The zero-order valence-corrected chi connectivity index (χ0v) is 14.2. The number of nitrogens with one attached hydrogen (secondary N) is 1. The number of rotatable bonds is 3. The molecule has 2 rings (SSSR count). The maximum atomic E-state index is 12.1. The van der Waals surface area contributed by atoms with Gasteiger partial charge in [-0.05, 0) is 40.8 Å². The van der Waals surface area contributed by atoms with Crippen molar-refractivity contribution < 1.29 is 4.79 Å². The summed E-state index contributed by atoms with van der Waals surface area (Å²) in [6, 6.07) is 15.7. The Kier molecular flexibility index (Phi) is 4.84. The number of hydrogen-bond acceptors (Lipinski definition) is 1. The number of benzene rings is 2. The molecule has 1 amide bonds. The molecule has 0 fully saturated rings. The topological polar surface area (TPSA) is 29.1 Å². The molecule has 0 bridgehead atoms. The third kappa shape index (κ3) is 4.43. The Balaban J connectivity index is 1.99. The van der Waals surface area contributed by atoms with E-state index >= 15 is 0 Å². The maximum Gasteiger partial charge on any atom is 0.251 e. The van der Waals surface area contributed by atoms with E-state index in [4.69, 9.17) is 0 Å². The second-order valence-corrected chi connectivity index (χ2v) is 7.05. The van der Waals surface area contributed by atoms with Crippen LogP contribution < -0.4 is 5.32 Å². The molecule has 2 aromatic rings. The third-order valence-electron chi connectivity index (χ3n) is 3.38. The molecule has 0 saturated carbocycles. The SMILES string of the molecule is CC(C)(C)c1ccc(C(=O)NCc2ccc(Br)cc2)cc1. The van der Waals surface area contributed by atoms with Crippen molar-refractivity contribution in [1.82, 2.24) is 5.32 Å². The lowest BCUT2D eigenvalue weighted by Crippen LogP contribution is -2.23. The minimum atomic E-state index is -0.0432. The predicted molar refractivity (Wildman–Crippen MR) is 90.5 cm³/mol. The molecule has 0 aliphatic heterocycles. The second-order valence-electron chi connectivity index (χ2n) is 6.14. The Morgan fingerprint density at radius 1 is 1.00 bits per heavy atom. The van der Waals surface area contributed by atoms with Crippen LogP contribution in [0.1, 0.15) is 42.3 Å². The van der Waals surface area contributed by atoms with Gasteiger partial charge in [-0.25, -0.2) is 0 Å². The Morgan fingerprint density at radius 2 is 1.57 bits per heavy atom. The average Bonchev–Trinajstić information content (AvgIpc) is 2.45. The summed E-state index contributed by atoms with van der Waals surface area (Å²) in [5.41, 5.74) is 3.11. The first-order valence-corrected chi connectivity index (χ1v) is 7.79. The molecule has 0 heterocycles. The lowest BCUT2D eigenvalue weighted by atomic mass is 9.87. The number of carbonyl (C=O) groups excluding carboxylic acids is 1. The molecule has 0 radical (unpaired) electrons. The summed E-state index contributed by atoms with van der Waals surface area (Å²) in [4.78, 5) is 12.1. The van der Waals surface area contributed by atoms with E-state index in [-0.39, 0.29) is 11.3 Å². The van der Waals surface area contributed by atoms with E-state index in [1.54, 1.807) is 0 Å². The molecule has 110 valence electrons. The van der Waals surface area contributed by atoms with Gasteiger partial charge in [0, 0.05) is 16.6 Å². The van der Waals surface area contributed by atoms with Crippen LogP contribution in [0.15, 0.2) is 53.0 Å². The van der Waals surface area contributed by atoms with Gasteiger partial charge in [0.1, 0.15) is 0 Å². The van der Waals surface area contributed by atoms with Gasteiger partial charge in [-0.3, -0.25) is 4.79 Å². The molecule has 0 aliphatic carbocycles. The molecule has 0 saturated heterocycles. The Hall–Kier alpha value is -1.61. The van der Waals surface area contributed by atoms with Gasteiger partial charge < -0.3 is 5.32 Å². The fraction of sp³-hybridized carbons (Fsp3) is 0.278. The van der Waals surface area contributed by atoms with Gasteiger partial charge in [-0.2, -0.15) is 0 Å². The smallest absolute Gasteiger partial charge is 0.251 e. The van der Waals surface area contributed by atoms with Gasteiger partial charge in [0.2, 0.25) is 0 Å². The molecular formula is C18H20BrNO. The first-order valence-electron chi connectivity index (χ1n) is 6.99. The highest BCUT2D eigenvalue weighted by Gasteiger charge is 2.14. The molecule has 0 unspecified atom stereocenters. The Morgan fingerprint density at radius 3 is 2.10 bits per heavy atom. The lowest BCUT2D eigenvalue weighted by molar-refractivity contribution is 0.0951. The predicted octanol–water partition coefficient (Wildman–Crippen LogP) is 4.68.